The Morgan fingerprint density at radius 3 is 2.83 bits per heavy atom. The molecular weight excluding hydrogens is 249 g/mol. The molecule has 2 rings (SSSR count). The van der Waals surface area contributed by atoms with E-state index in [2.05, 4.69) is 29.4 Å². The SMILES string of the molecule is CCNC(C)c1nnc(Cc2ccccc2F)s1. The molecule has 1 heterocycles. The smallest absolute Gasteiger partial charge is 0.134 e. The summed E-state index contributed by atoms with van der Waals surface area (Å²) in [5, 5.41) is 13.3. The van der Waals surface area contributed by atoms with E-state index in [9.17, 15) is 4.39 Å². The maximum absolute atomic E-state index is 13.5. The van der Waals surface area contributed by atoms with Crippen molar-refractivity contribution in [1.82, 2.24) is 15.5 Å². The fraction of sp³-hybridized carbons (Fsp3) is 0.385. The van der Waals surface area contributed by atoms with Crippen LogP contribution in [0.15, 0.2) is 24.3 Å². The molecule has 1 atom stereocenters. The van der Waals surface area contributed by atoms with Crippen molar-refractivity contribution >= 4 is 11.3 Å². The summed E-state index contributed by atoms with van der Waals surface area (Å²) in [6.45, 7) is 5.00. The zero-order chi connectivity index (χ0) is 13.0. The largest absolute Gasteiger partial charge is 0.308 e. The second-order valence-corrected chi connectivity index (χ2v) is 5.18. The van der Waals surface area contributed by atoms with Gasteiger partial charge in [-0.1, -0.05) is 36.5 Å². The predicted octanol–water partition coefficient (Wildman–Crippen LogP) is 2.94. The van der Waals surface area contributed by atoms with Gasteiger partial charge in [-0.25, -0.2) is 4.39 Å². The Labute approximate surface area is 110 Å². The van der Waals surface area contributed by atoms with Gasteiger partial charge < -0.3 is 5.32 Å². The molecule has 2 aromatic rings. The standard InChI is InChI=1S/C13H16FN3S/c1-3-15-9(2)13-17-16-12(18-13)8-10-6-4-5-7-11(10)14/h4-7,9,15H,3,8H2,1-2H3. The molecule has 1 aromatic carbocycles. The second-order valence-electron chi connectivity index (χ2n) is 4.08. The molecule has 1 unspecified atom stereocenters. The lowest BCUT2D eigenvalue weighted by Crippen LogP contribution is -2.17. The predicted molar refractivity (Wildman–Crippen MR) is 71.2 cm³/mol. The molecule has 18 heavy (non-hydrogen) atoms. The summed E-state index contributed by atoms with van der Waals surface area (Å²) in [6.07, 6.45) is 0.503. The van der Waals surface area contributed by atoms with Crippen LogP contribution in [0.5, 0.6) is 0 Å². The van der Waals surface area contributed by atoms with Crippen molar-refractivity contribution in [3.63, 3.8) is 0 Å². The van der Waals surface area contributed by atoms with Gasteiger partial charge in [0, 0.05) is 6.42 Å². The summed E-state index contributed by atoms with van der Waals surface area (Å²) in [5.41, 5.74) is 0.663. The van der Waals surface area contributed by atoms with Gasteiger partial charge in [0.05, 0.1) is 6.04 Å². The highest BCUT2D eigenvalue weighted by Crippen LogP contribution is 2.20. The van der Waals surface area contributed by atoms with Crippen molar-refractivity contribution in [2.24, 2.45) is 0 Å². The van der Waals surface area contributed by atoms with E-state index < -0.39 is 0 Å². The summed E-state index contributed by atoms with van der Waals surface area (Å²) >= 11 is 1.53. The number of hydrogen-bond donors (Lipinski definition) is 1. The molecule has 0 aliphatic heterocycles. The monoisotopic (exact) mass is 265 g/mol. The van der Waals surface area contributed by atoms with Crippen LogP contribution in [0.2, 0.25) is 0 Å². The Hall–Kier alpha value is -1.33. The minimum Gasteiger partial charge on any atom is -0.308 e. The molecule has 0 saturated heterocycles. The van der Waals surface area contributed by atoms with E-state index in [1.807, 2.05) is 6.07 Å². The third kappa shape index (κ3) is 3.11. The van der Waals surface area contributed by atoms with Gasteiger partial charge in [-0.05, 0) is 25.1 Å². The first kappa shape index (κ1) is 13.1. The van der Waals surface area contributed by atoms with Crippen LogP contribution in [-0.4, -0.2) is 16.7 Å². The molecule has 0 aliphatic rings. The number of hydrogen-bond acceptors (Lipinski definition) is 4. The fourth-order valence-electron chi connectivity index (χ4n) is 1.71. The van der Waals surface area contributed by atoms with Crippen LogP contribution >= 0.6 is 11.3 Å². The Bertz CT molecular complexity index is 512. The van der Waals surface area contributed by atoms with Crippen molar-refractivity contribution in [2.45, 2.75) is 26.3 Å². The normalized spacial score (nSPS) is 12.6. The molecule has 0 aliphatic carbocycles. The Kier molecular flexibility index (Phi) is 4.38. The van der Waals surface area contributed by atoms with Crippen LogP contribution in [0.4, 0.5) is 4.39 Å². The van der Waals surface area contributed by atoms with Crippen LogP contribution in [0.25, 0.3) is 0 Å². The van der Waals surface area contributed by atoms with Crippen molar-refractivity contribution in [3.8, 4) is 0 Å². The summed E-state index contributed by atoms with van der Waals surface area (Å²) < 4.78 is 13.5. The molecule has 0 radical (unpaired) electrons. The number of rotatable bonds is 5. The van der Waals surface area contributed by atoms with E-state index in [1.54, 1.807) is 12.1 Å². The van der Waals surface area contributed by atoms with E-state index in [1.165, 1.54) is 17.4 Å². The second kappa shape index (κ2) is 6.02. The van der Waals surface area contributed by atoms with Gasteiger partial charge >= 0.3 is 0 Å². The van der Waals surface area contributed by atoms with Crippen molar-refractivity contribution in [1.29, 1.82) is 0 Å². The highest BCUT2D eigenvalue weighted by molar-refractivity contribution is 7.11. The number of benzene rings is 1. The molecule has 5 heteroatoms. The molecule has 0 saturated carbocycles. The van der Waals surface area contributed by atoms with Crippen LogP contribution in [0, 0.1) is 5.82 Å². The third-order valence-corrected chi connectivity index (χ3v) is 3.77. The number of aromatic nitrogens is 2. The molecule has 1 aromatic heterocycles. The van der Waals surface area contributed by atoms with E-state index >= 15 is 0 Å². The minimum absolute atomic E-state index is 0.186. The van der Waals surface area contributed by atoms with E-state index in [-0.39, 0.29) is 11.9 Å². The first-order chi connectivity index (χ1) is 8.70. The Morgan fingerprint density at radius 2 is 2.11 bits per heavy atom. The van der Waals surface area contributed by atoms with Crippen molar-refractivity contribution in [3.05, 3.63) is 45.7 Å². The lowest BCUT2D eigenvalue weighted by atomic mass is 10.1. The first-order valence-corrected chi connectivity index (χ1v) is 6.81. The summed E-state index contributed by atoms with van der Waals surface area (Å²) in [4.78, 5) is 0. The number of nitrogens with zero attached hydrogens (tertiary/aromatic N) is 2. The van der Waals surface area contributed by atoms with Crippen LogP contribution in [0.3, 0.4) is 0 Å². The first-order valence-electron chi connectivity index (χ1n) is 5.99. The molecule has 96 valence electrons. The van der Waals surface area contributed by atoms with Crippen LogP contribution in [-0.2, 0) is 6.42 Å². The quantitative estimate of drug-likeness (QED) is 0.903. The zero-order valence-electron chi connectivity index (χ0n) is 10.5. The summed E-state index contributed by atoms with van der Waals surface area (Å²) in [5.74, 6) is -0.186. The highest BCUT2D eigenvalue weighted by atomic mass is 32.1. The lowest BCUT2D eigenvalue weighted by Gasteiger charge is -2.06. The average molecular weight is 265 g/mol. The third-order valence-electron chi connectivity index (χ3n) is 2.66. The summed E-state index contributed by atoms with van der Waals surface area (Å²) in [6, 6.07) is 6.98. The Morgan fingerprint density at radius 1 is 1.33 bits per heavy atom. The van der Waals surface area contributed by atoms with E-state index in [0.29, 0.717) is 12.0 Å². The molecule has 3 nitrogen and oxygen atoms in total. The number of halogens is 1. The van der Waals surface area contributed by atoms with E-state index in [4.69, 9.17) is 0 Å². The van der Waals surface area contributed by atoms with Gasteiger partial charge in [0.25, 0.3) is 0 Å². The van der Waals surface area contributed by atoms with Gasteiger partial charge in [-0.3, -0.25) is 0 Å². The fourth-order valence-corrected chi connectivity index (χ4v) is 2.60. The molecular formula is C13H16FN3S. The highest BCUT2D eigenvalue weighted by Gasteiger charge is 2.12. The van der Waals surface area contributed by atoms with Crippen LogP contribution in [0.1, 0.15) is 35.5 Å². The average Bonchev–Trinajstić information content (AvgIpc) is 2.81. The summed E-state index contributed by atoms with van der Waals surface area (Å²) in [7, 11) is 0. The van der Waals surface area contributed by atoms with E-state index in [0.717, 1.165) is 16.6 Å². The molecule has 1 N–H and O–H groups in total. The Balaban J connectivity index is 2.09. The van der Waals surface area contributed by atoms with Gasteiger partial charge in [-0.2, -0.15) is 0 Å². The van der Waals surface area contributed by atoms with Crippen molar-refractivity contribution in [2.75, 3.05) is 6.54 Å². The zero-order valence-corrected chi connectivity index (χ0v) is 11.3. The topological polar surface area (TPSA) is 37.8 Å². The molecule has 0 bridgehead atoms. The molecule has 0 amide bonds. The number of nitrogens with one attached hydrogen (secondary N) is 1. The van der Waals surface area contributed by atoms with Crippen LogP contribution < -0.4 is 5.32 Å². The minimum atomic E-state index is -0.186. The van der Waals surface area contributed by atoms with Gasteiger partial charge in [-0.15, -0.1) is 10.2 Å². The van der Waals surface area contributed by atoms with Gasteiger partial charge in [0.1, 0.15) is 15.8 Å². The maximum Gasteiger partial charge on any atom is 0.134 e. The van der Waals surface area contributed by atoms with Gasteiger partial charge in [0.15, 0.2) is 0 Å². The molecule has 0 fully saturated rings. The van der Waals surface area contributed by atoms with Gasteiger partial charge in [0.2, 0.25) is 0 Å². The van der Waals surface area contributed by atoms with Crippen molar-refractivity contribution < 1.29 is 4.39 Å². The molecule has 0 spiro atoms. The lowest BCUT2D eigenvalue weighted by molar-refractivity contribution is 0.589. The maximum atomic E-state index is 13.5.